The fraction of sp³-hybridized carbons (Fsp3) is 0.250. The first-order valence-electron chi connectivity index (χ1n) is 7.29. The molecule has 1 aliphatic heterocycles. The normalized spacial score (nSPS) is 14.6. The van der Waals surface area contributed by atoms with Gasteiger partial charge in [0.05, 0.1) is 16.8 Å². The van der Waals surface area contributed by atoms with Crippen molar-refractivity contribution in [1.82, 2.24) is 10.2 Å². The number of hydrogen-bond acceptors (Lipinski definition) is 4. The number of amides is 2. The van der Waals surface area contributed by atoms with Crippen molar-refractivity contribution in [3.05, 3.63) is 52.9 Å². The van der Waals surface area contributed by atoms with Gasteiger partial charge >= 0.3 is 0 Å². The Morgan fingerprint density at radius 2 is 2.00 bits per heavy atom. The lowest BCUT2D eigenvalue weighted by Gasteiger charge is -2.27. The molecule has 2 aromatic rings. The van der Waals surface area contributed by atoms with Crippen LogP contribution in [-0.4, -0.2) is 42.9 Å². The van der Waals surface area contributed by atoms with E-state index >= 15 is 0 Å². The van der Waals surface area contributed by atoms with Gasteiger partial charge in [-0.05, 0) is 30.3 Å². The Bertz CT molecular complexity index is 709. The van der Waals surface area contributed by atoms with Crippen molar-refractivity contribution in [2.24, 2.45) is 0 Å². The van der Waals surface area contributed by atoms with E-state index in [1.807, 2.05) is 0 Å². The molecule has 0 unspecified atom stereocenters. The molecule has 7 heteroatoms. The zero-order valence-corrected chi connectivity index (χ0v) is 13.1. The predicted molar refractivity (Wildman–Crippen MR) is 86.9 cm³/mol. The van der Waals surface area contributed by atoms with E-state index in [0.29, 0.717) is 29.4 Å². The molecule has 1 aliphatic rings. The van der Waals surface area contributed by atoms with E-state index in [2.05, 4.69) is 10.6 Å². The predicted octanol–water partition coefficient (Wildman–Crippen LogP) is 2.23. The van der Waals surface area contributed by atoms with Crippen LogP contribution >= 0.6 is 11.6 Å². The van der Waals surface area contributed by atoms with E-state index in [1.54, 1.807) is 35.2 Å². The Hall–Kier alpha value is -2.31. The number of furan rings is 1. The molecule has 0 radical (unpaired) electrons. The maximum atomic E-state index is 12.6. The molecule has 1 aromatic heterocycles. The van der Waals surface area contributed by atoms with Crippen molar-refractivity contribution in [1.29, 1.82) is 0 Å². The molecule has 0 saturated carbocycles. The highest BCUT2D eigenvalue weighted by atomic mass is 35.5. The highest BCUT2D eigenvalue weighted by Gasteiger charge is 2.21. The van der Waals surface area contributed by atoms with Gasteiger partial charge in [-0.2, -0.15) is 0 Å². The zero-order valence-electron chi connectivity index (χ0n) is 12.3. The van der Waals surface area contributed by atoms with E-state index in [0.717, 1.165) is 13.1 Å². The third-order valence-electron chi connectivity index (χ3n) is 3.60. The minimum Gasteiger partial charge on any atom is -0.459 e. The molecule has 0 atom stereocenters. The van der Waals surface area contributed by atoms with Gasteiger partial charge in [-0.3, -0.25) is 9.59 Å². The molecule has 0 spiro atoms. The monoisotopic (exact) mass is 333 g/mol. The quantitative estimate of drug-likeness (QED) is 0.903. The van der Waals surface area contributed by atoms with Crippen LogP contribution in [0.1, 0.15) is 20.9 Å². The molecular weight excluding hydrogens is 318 g/mol. The van der Waals surface area contributed by atoms with Crippen LogP contribution in [-0.2, 0) is 0 Å². The SMILES string of the molecule is O=C(Nc1ccc(Cl)c(C(=O)N2CCNCC2)c1)c1ccco1. The van der Waals surface area contributed by atoms with E-state index in [1.165, 1.54) is 6.26 Å². The second kappa shape index (κ2) is 6.85. The average molecular weight is 334 g/mol. The van der Waals surface area contributed by atoms with Gasteiger partial charge < -0.3 is 20.0 Å². The fourth-order valence-corrected chi connectivity index (χ4v) is 2.60. The van der Waals surface area contributed by atoms with Gasteiger partial charge in [0.1, 0.15) is 0 Å². The molecular formula is C16H16ClN3O3. The van der Waals surface area contributed by atoms with Gasteiger partial charge in [0.25, 0.3) is 11.8 Å². The van der Waals surface area contributed by atoms with E-state index in [9.17, 15) is 9.59 Å². The third kappa shape index (κ3) is 3.55. The minimum atomic E-state index is -0.377. The van der Waals surface area contributed by atoms with Crippen LogP contribution in [0.4, 0.5) is 5.69 Å². The molecule has 0 bridgehead atoms. The molecule has 1 fully saturated rings. The van der Waals surface area contributed by atoms with Gasteiger partial charge in [0.2, 0.25) is 0 Å². The maximum absolute atomic E-state index is 12.6. The van der Waals surface area contributed by atoms with Gasteiger partial charge in [0, 0.05) is 31.9 Å². The number of rotatable bonds is 3. The number of anilines is 1. The Morgan fingerprint density at radius 3 is 2.70 bits per heavy atom. The largest absolute Gasteiger partial charge is 0.459 e. The summed E-state index contributed by atoms with van der Waals surface area (Å²) >= 11 is 6.15. The van der Waals surface area contributed by atoms with Crippen LogP contribution in [0, 0.1) is 0 Å². The summed E-state index contributed by atoms with van der Waals surface area (Å²) in [6.07, 6.45) is 1.43. The van der Waals surface area contributed by atoms with E-state index in [-0.39, 0.29) is 17.6 Å². The second-order valence-electron chi connectivity index (χ2n) is 5.17. The summed E-state index contributed by atoms with van der Waals surface area (Å²) in [5.41, 5.74) is 0.875. The Kier molecular flexibility index (Phi) is 4.64. The van der Waals surface area contributed by atoms with E-state index < -0.39 is 0 Å². The lowest BCUT2D eigenvalue weighted by atomic mass is 10.1. The number of nitrogens with zero attached hydrogens (tertiary/aromatic N) is 1. The molecule has 0 aliphatic carbocycles. The van der Waals surface area contributed by atoms with Crippen molar-refractivity contribution < 1.29 is 14.0 Å². The number of nitrogens with one attached hydrogen (secondary N) is 2. The first-order valence-corrected chi connectivity index (χ1v) is 7.67. The topological polar surface area (TPSA) is 74.6 Å². The summed E-state index contributed by atoms with van der Waals surface area (Å²) in [5.74, 6) is -0.307. The van der Waals surface area contributed by atoms with Crippen LogP contribution in [0.2, 0.25) is 5.02 Å². The number of benzene rings is 1. The second-order valence-corrected chi connectivity index (χ2v) is 5.58. The standard InChI is InChI=1S/C16H16ClN3O3/c17-13-4-3-11(19-15(21)14-2-1-9-23-14)10-12(13)16(22)20-7-5-18-6-8-20/h1-4,9-10,18H,5-8H2,(H,19,21). The summed E-state index contributed by atoms with van der Waals surface area (Å²) in [6.45, 7) is 2.80. The summed E-state index contributed by atoms with van der Waals surface area (Å²) in [5, 5.41) is 6.26. The van der Waals surface area contributed by atoms with Gasteiger partial charge in [0.15, 0.2) is 5.76 Å². The van der Waals surface area contributed by atoms with Crippen molar-refractivity contribution in [3.8, 4) is 0 Å². The lowest BCUT2D eigenvalue weighted by molar-refractivity contribution is 0.0735. The highest BCUT2D eigenvalue weighted by Crippen LogP contribution is 2.23. The van der Waals surface area contributed by atoms with Crippen molar-refractivity contribution in [2.45, 2.75) is 0 Å². The van der Waals surface area contributed by atoms with Crippen LogP contribution < -0.4 is 10.6 Å². The van der Waals surface area contributed by atoms with Crippen molar-refractivity contribution >= 4 is 29.1 Å². The number of carbonyl (C=O) groups excluding carboxylic acids is 2. The first-order chi connectivity index (χ1) is 11.1. The van der Waals surface area contributed by atoms with E-state index in [4.69, 9.17) is 16.0 Å². The lowest BCUT2D eigenvalue weighted by Crippen LogP contribution is -2.46. The summed E-state index contributed by atoms with van der Waals surface area (Å²) < 4.78 is 5.04. The smallest absolute Gasteiger partial charge is 0.291 e. The van der Waals surface area contributed by atoms with Crippen molar-refractivity contribution in [2.75, 3.05) is 31.5 Å². The zero-order chi connectivity index (χ0) is 16.2. The average Bonchev–Trinajstić information content (AvgIpc) is 3.11. The molecule has 2 heterocycles. The fourth-order valence-electron chi connectivity index (χ4n) is 2.41. The number of halogens is 1. The molecule has 2 N–H and O–H groups in total. The Labute approximate surface area is 138 Å². The third-order valence-corrected chi connectivity index (χ3v) is 3.93. The highest BCUT2D eigenvalue weighted by molar-refractivity contribution is 6.34. The number of carbonyl (C=O) groups is 2. The van der Waals surface area contributed by atoms with Crippen LogP contribution in [0.15, 0.2) is 41.0 Å². The first kappa shape index (κ1) is 15.6. The Morgan fingerprint density at radius 1 is 1.22 bits per heavy atom. The van der Waals surface area contributed by atoms with Crippen LogP contribution in [0.3, 0.4) is 0 Å². The molecule has 23 heavy (non-hydrogen) atoms. The summed E-state index contributed by atoms with van der Waals surface area (Å²) in [6, 6.07) is 8.05. The molecule has 3 rings (SSSR count). The maximum Gasteiger partial charge on any atom is 0.291 e. The summed E-state index contributed by atoms with van der Waals surface area (Å²) in [4.78, 5) is 26.3. The van der Waals surface area contributed by atoms with Gasteiger partial charge in [-0.1, -0.05) is 11.6 Å². The molecule has 1 aromatic carbocycles. The minimum absolute atomic E-state index is 0.134. The van der Waals surface area contributed by atoms with Crippen LogP contribution in [0.25, 0.3) is 0 Å². The van der Waals surface area contributed by atoms with Gasteiger partial charge in [-0.15, -0.1) is 0 Å². The van der Waals surface area contributed by atoms with Gasteiger partial charge in [-0.25, -0.2) is 0 Å². The molecule has 1 saturated heterocycles. The van der Waals surface area contributed by atoms with Crippen LogP contribution in [0.5, 0.6) is 0 Å². The molecule has 120 valence electrons. The van der Waals surface area contributed by atoms with Crippen molar-refractivity contribution in [3.63, 3.8) is 0 Å². The summed E-state index contributed by atoms with van der Waals surface area (Å²) in [7, 11) is 0. The molecule has 2 amide bonds. The Balaban J connectivity index is 1.78. The number of piperazine rings is 1. The molecule has 6 nitrogen and oxygen atoms in total. The number of hydrogen-bond donors (Lipinski definition) is 2.